The largest absolute Gasteiger partial charge is 0.385 e. The van der Waals surface area contributed by atoms with Crippen molar-refractivity contribution in [2.24, 2.45) is 0 Å². The first-order chi connectivity index (χ1) is 14.6. The molecule has 2 aromatic rings. The number of benzene rings is 1. The lowest BCUT2D eigenvalue weighted by Crippen LogP contribution is -2.38. The van der Waals surface area contributed by atoms with E-state index in [1.807, 2.05) is 24.1 Å². The van der Waals surface area contributed by atoms with Crippen molar-refractivity contribution in [3.8, 4) is 17.3 Å². The summed E-state index contributed by atoms with van der Waals surface area (Å²) in [4.78, 5) is 24.2. The molecule has 0 atom stereocenters. The Morgan fingerprint density at radius 3 is 2.67 bits per heavy atom. The number of aromatic nitrogens is 2. The molecule has 0 bridgehead atoms. The normalized spacial score (nSPS) is 14.2. The van der Waals surface area contributed by atoms with Gasteiger partial charge in [-0.1, -0.05) is 31.4 Å². The van der Waals surface area contributed by atoms with Gasteiger partial charge in [-0.15, -0.1) is 0 Å². The highest BCUT2D eigenvalue weighted by atomic mass is 16.5. The Kier molecular flexibility index (Phi) is 7.75. The molecule has 0 saturated heterocycles. The van der Waals surface area contributed by atoms with Gasteiger partial charge in [0.1, 0.15) is 0 Å². The molecule has 3 rings (SSSR count). The van der Waals surface area contributed by atoms with Gasteiger partial charge in [0.05, 0.1) is 22.9 Å². The number of ether oxygens (including phenoxy) is 1. The summed E-state index contributed by atoms with van der Waals surface area (Å²) in [5.41, 5.74) is 2.42. The highest BCUT2D eigenvalue weighted by Gasteiger charge is 2.26. The van der Waals surface area contributed by atoms with Gasteiger partial charge in [0, 0.05) is 45.1 Å². The molecule has 1 N–H and O–H groups in total. The van der Waals surface area contributed by atoms with Crippen LogP contribution >= 0.6 is 0 Å². The van der Waals surface area contributed by atoms with E-state index in [1.165, 1.54) is 6.42 Å². The molecule has 0 radical (unpaired) electrons. The van der Waals surface area contributed by atoms with Crippen molar-refractivity contribution in [3.05, 3.63) is 41.6 Å². The molecule has 1 aliphatic carbocycles. The van der Waals surface area contributed by atoms with E-state index < -0.39 is 0 Å². The third kappa shape index (κ3) is 5.33. The van der Waals surface area contributed by atoms with Crippen molar-refractivity contribution < 1.29 is 9.53 Å². The third-order valence-electron chi connectivity index (χ3n) is 5.56. The first kappa shape index (κ1) is 21.7. The second-order valence-corrected chi connectivity index (χ2v) is 7.63. The molecule has 0 unspecified atom stereocenters. The Hall–Kier alpha value is -2.98. The number of nitrogens with zero attached hydrogens (tertiary/aromatic N) is 4. The van der Waals surface area contributed by atoms with E-state index in [4.69, 9.17) is 10.00 Å². The predicted molar refractivity (Wildman–Crippen MR) is 116 cm³/mol. The summed E-state index contributed by atoms with van der Waals surface area (Å²) in [7, 11) is 3.54. The van der Waals surface area contributed by atoms with E-state index in [9.17, 15) is 4.79 Å². The van der Waals surface area contributed by atoms with Gasteiger partial charge in [-0.3, -0.25) is 4.79 Å². The lowest BCUT2D eigenvalue weighted by molar-refractivity contribution is 0.0696. The number of methoxy groups -OCH3 is 1. The number of nitrogens with one attached hydrogen (secondary N) is 1. The second-order valence-electron chi connectivity index (χ2n) is 7.63. The van der Waals surface area contributed by atoms with Crippen molar-refractivity contribution in [2.45, 2.75) is 44.6 Å². The maximum Gasteiger partial charge on any atom is 0.257 e. The first-order valence-electron chi connectivity index (χ1n) is 10.5. The van der Waals surface area contributed by atoms with Crippen LogP contribution in [0.15, 0.2) is 30.5 Å². The molecule has 1 aromatic heterocycles. The Morgan fingerprint density at radius 2 is 2.00 bits per heavy atom. The van der Waals surface area contributed by atoms with E-state index in [-0.39, 0.29) is 11.9 Å². The Labute approximate surface area is 178 Å². The molecule has 0 aliphatic heterocycles. The molecule has 7 heteroatoms. The van der Waals surface area contributed by atoms with E-state index in [0.717, 1.165) is 37.7 Å². The van der Waals surface area contributed by atoms with Crippen molar-refractivity contribution in [1.82, 2.24) is 14.9 Å². The van der Waals surface area contributed by atoms with Crippen LogP contribution in [0.1, 0.15) is 54.4 Å². The van der Waals surface area contributed by atoms with Gasteiger partial charge < -0.3 is 15.0 Å². The zero-order chi connectivity index (χ0) is 21.3. The minimum absolute atomic E-state index is 0.0628. The Balaban J connectivity index is 1.89. The fourth-order valence-electron chi connectivity index (χ4n) is 3.79. The monoisotopic (exact) mass is 407 g/mol. The van der Waals surface area contributed by atoms with E-state index in [1.54, 1.807) is 25.4 Å². The molecule has 1 saturated carbocycles. The average molecular weight is 408 g/mol. The zero-order valence-electron chi connectivity index (χ0n) is 17.7. The maximum absolute atomic E-state index is 13.3. The summed E-state index contributed by atoms with van der Waals surface area (Å²) >= 11 is 0. The topological polar surface area (TPSA) is 91.1 Å². The summed E-state index contributed by atoms with van der Waals surface area (Å²) in [6.07, 6.45) is 8.07. The molecule has 1 amide bonds. The number of rotatable bonds is 8. The summed E-state index contributed by atoms with van der Waals surface area (Å²) in [6, 6.07) is 9.51. The van der Waals surface area contributed by atoms with Gasteiger partial charge in [0.15, 0.2) is 0 Å². The highest BCUT2D eigenvalue weighted by molar-refractivity contribution is 5.99. The van der Waals surface area contributed by atoms with E-state index >= 15 is 0 Å². The predicted octanol–water partition coefficient (Wildman–Crippen LogP) is 3.87. The molecule has 30 heavy (non-hydrogen) atoms. The maximum atomic E-state index is 13.3. The van der Waals surface area contributed by atoms with Crippen molar-refractivity contribution in [2.75, 3.05) is 32.6 Å². The third-order valence-corrected chi connectivity index (χ3v) is 5.56. The molecular weight excluding hydrogens is 378 g/mol. The van der Waals surface area contributed by atoms with E-state index in [2.05, 4.69) is 21.4 Å². The van der Waals surface area contributed by atoms with Crippen LogP contribution in [-0.2, 0) is 4.74 Å². The van der Waals surface area contributed by atoms with Crippen molar-refractivity contribution >= 4 is 11.9 Å². The fourth-order valence-corrected chi connectivity index (χ4v) is 3.79. The van der Waals surface area contributed by atoms with Gasteiger partial charge in [0.25, 0.3) is 5.91 Å². The quantitative estimate of drug-likeness (QED) is 0.668. The molecule has 1 aliphatic rings. The first-order valence-corrected chi connectivity index (χ1v) is 10.5. The van der Waals surface area contributed by atoms with Crippen LogP contribution in [0, 0.1) is 11.3 Å². The molecule has 1 fully saturated rings. The number of hydrogen-bond acceptors (Lipinski definition) is 6. The molecule has 158 valence electrons. The lowest BCUT2D eigenvalue weighted by Gasteiger charge is -2.31. The smallest absolute Gasteiger partial charge is 0.257 e. The molecule has 1 heterocycles. The number of anilines is 1. The fraction of sp³-hybridized carbons (Fsp3) is 0.478. The van der Waals surface area contributed by atoms with Crippen LogP contribution in [0.25, 0.3) is 11.3 Å². The van der Waals surface area contributed by atoms with Gasteiger partial charge in [-0.05, 0) is 31.4 Å². The molecule has 0 spiro atoms. The molecule has 7 nitrogen and oxygen atoms in total. The lowest BCUT2D eigenvalue weighted by atomic mass is 9.94. The number of hydrogen-bond donors (Lipinski definition) is 1. The minimum atomic E-state index is -0.0628. The van der Waals surface area contributed by atoms with Crippen molar-refractivity contribution in [1.29, 1.82) is 5.26 Å². The zero-order valence-corrected chi connectivity index (χ0v) is 17.7. The number of nitriles is 1. The van der Waals surface area contributed by atoms with Gasteiger partial charge in [-0.25, -0.2) is 9.97 Å². The Morgan fingerprint density at radius 1 is 1.27 bits per heavy atom. The van der Waals surface area contributed by atoms with Crippen molar-refractivity contribution in [3.63, 3.8) is 0 Å². The van der Waals surface area contributed by atoms with Crippen LogP contribution in [0.5, 0.6) is 0 Å². The SMILES string of the molecule is COCCCNc1ncc(C(=O)N(C)C2CCCCC2)c(-c2ccc(C#N)cc2)n1. The number of amides is 1. The highest BCUT2D eigenvalue weighted by Crippen LogP contribution is 2.27. The van der Waals surface area contributed by atoms with Gasteiger partial charge >= 0.3 is 0 Å². The van der Waals surface area contributed by atoms with Gasteiger partial charge in [-0.2, -0.15) is 5.26 Å². The van der Waals surface area contributed by atoms with Crippen LogP contribution in [0.2, 0.25) is 0 Å². The van der Waals surface area contributed by atoms with Crippen LogP contribution in [0.3, 0.4) is 0 Å². The summed E-state index contributed by atoms with van der Waals surface area (Å²) in [5, 5.41) is 12.3. The Bertz CT molecular complexity index is 885. The number of carbonyl (C=O) groups is 1. The summed E-state index contributed by atoms with van der Waals surface area (Å²) < 4.78 is 5.07. The van der Waals surface area contributed by atoms with Crippen LogP contribution in [0.4, 0.5) is 5.95 Å². The number of carbonyl (C=O) groups excluding carboxylic acids is 1. The molecule has 1 aromatic carbocycles. The second kappa shape index (κ2) is 10.7. The molecular formula is C23H29N5O2. The van der Waals surface area contributed by atoms with E-state index in [0.29, 0.717) is 35.9 Å². The summed E-state index contributed by atoms with van der Waals surface area (Å²) in [6.45, 7) is 1.33. The standard InChI is InChI=1S/C23H29N5O2/c1-28(19-7-4-3-5-8-19)22(29)20-16-26-23(25-13-6-14-30-2)27-21(20)18-11-9-17(15-24)10-12-18/h9-12,16,19H,3-8,13-14H2,1-2H3,(H,25,26,27). The minimum Gasteiger partial charge on any atom is -0.385 e. The van der Waals surface area contributed by atoms with Crippen LogP contribution < -0.4 is 5.32 Å². The van der Waals surface area contributed by atoms with Gasteiger partial charge in [0.2, 0.25) is 5.95 Å². The van der Waals surface area contributed by atoms with Crippen LogP contribution in [-0.4, -0.2) is 54.1 Å². The average Bonchev–Trinajstić information content (AvgIpc) is 2.81. The summed E-state index contributed by atoms with van der Waals surface area (Å²) in [5.74, 6) is 0.412.